The number of Topliss-reactive ketones (excluding diaryl/α,β-unsaturated/α-hetero) is 1. The molecule has 0 saturated carbocycles. The van der Waals surface area contributed by atoms with E-state index >= 15 is 0 Å². The molecule has 1 aromatic carbocycles. The summed E-state index contributed by atoms with van der Waals surface area (Å²) in [6.07, 6.45) is 3.36. The van der Waals surface area contributed by atoms with Crippen LogP contribution in [0.1, 0.15) is 22.8 Å². The van der Waals surface area contributed by atoms with Crippen LogP contribution in [0.2, 0.25) is 0 Å². The van der Waals surface area contributed by atoms with Gasteiger partial charge in [-0.05, 0) is 18.6 Å². The molecule has 0 aliphatic carbocycles. The van der Waals surface area contributed by atoms with E-state index in [1.807, 2.05) is 0 Å². The number of nitrogens with one attached hydrogen (secondary N) is 1. The number of amides is 1. The van der Waals surface area contributed by atoms with Gasteiger partial charge in [-0.1, -0.05) is 24.3 Å². The van der Waals surface area contributed by atoms with Crippen LogP contribution < -0.4 is 4.72 Å². The van der Waals surface area contributed by atoms with E-state index in [1.165, 1.54) is 13.0 Å². The highest BCUT2D eigenvalue weighted by molar-refractivity contribution is 7.89. The molecule has 0 unspecified atom stereocenters. The number of ketones is 1. The monoisotopic (exact) mass is 267 g/mol. The van der Waals surface area contributed by atoms with Gasteiger partial charge in [-0.2, -0.15) is 0 Å². The minimum absolute atomic E-state index is 0.126. The molecule has 0 aromatic heterocycles. The Bertz CT molecular complexity index is 602. The molecular formula is C12H13NO4S. The van der Waals surface area contributed by atoms with Crippen LogP contribution in [-0.4, -0.2) is 26.4 Å². The zero-order chi connectivity index (χ0) is 13.8. The molecule has 0 spiro atoms. The van der Waals surface area contributed by atoms with Crippen molar-refractivity contribution in [3.63, 3.8) is 0 Å². The number of sulfonamides is 1. The zero-order valence-electron chi connectivity index (χ0n) is 10.0. The highest BCUT2D eigenvalue weighted by atomic mass is 32.2. The summed E-state index contributed by atoms with van der Waals surface area (Å²) in [5.74, 6) is -0.880. The number of hydrogen-bond acceptors (Lipinski definition) is 4. The Balaban J connectivity index is 2.92. The van der Waals surface area contributed by atoms with Gasteiger partial charge in [-0.15, -0.1) is 0 Å². The van der Waals surface area contributed by atoms with Crippen molar-refractivity contribution in [2.24, 2.45) is 0 Å². The van der Waals surface area contributed by atoms with E-state index in [0.717, 1.165) is 12.3 Å². The summed E-state index contributed by atoms with van der Waals surface area (Å²) in [5.41, 5.74) is 1.04. The molecule has 1 aromatic rings. The Labute approximate surface area is 106 Å². The summed E-state index contributed by atoms with van der Waals surface area (Å²) in [7, 11) is -3.57. The molecule has 0 fully saturated rings. The van der Waals surface area contributed by atoms with Gasteiger partial charge in [0.15, 0.2) is 5.78 Å². The van der Waals surface area contributed by atoms with Crippen LogP contribution in [-0.2, 0) is 14.8 Å². The number of benzene rings is 1. The summed E-state index contributed by atoms with van der Waals surface area (Å²) in [6, 6.07) is 6.74. The van der Waals surface area contributed by atoms with Crippen LogP contribution in [0.3, 0.4) is 0 Å². The first-order valence-electron chi connectivity index (χ1n) is 5.09. The fraction of sp³-hybridized carbons (Fsp3) is 0.167. The molecule has 1 rings (SSSR count). The fourth-order valence-corrected chi connectivity index (χ4v) is 1.78. The van der Waals surface area contributed by atoms with Gasteiger partial charge < -0.3 is 0 Å². The molecule has 0 aliphatic rings. The predicted octanol–water partition coefficient (Wildman–Crippen LogP) is 0.978. The van der Waals surface area contributed by atoms with Gasteiger partial charge in [0.25, 0.3) is 5.91 Å². The molecular weight excluding hydrogens is 254 g/mol. The highest BCUT2D eigenvalue weighted by Crippen LogP contribution is 2.11. The van der Waals surface area contributed by atoms with Gasteiger partial charge in [0, 0.05) is 11.6 Å². The van der Waals surface area contributed by atoms with Crippen molar-refractivity contribution in [1.29, 1.82) is 0 Å². The second kappa shape index (κ2) is 5.59. The minimum atomic E-state index is -3.57. The van der Waals surface area contributed by atoms with Gasteiger partial charge in [0.05, 0.1) is 6.26 Å². The van der Waals surface area contributed by atoms with E-state index in [2.05, 4.69) is 0 Å². The van der Waals surface area contributed by atoms with Gasteiger partial charge in [0.1, 0.15) is 0 Å². The molecule has 0 atom stereocenters. The van der Waals surface area contributed by atoms with Crippen molar-refractivity contribution in [2.75, 3.05) is 6.26 Å². The first kappa shape index (κ1) is 14.1. The number of rotatable bonds is 4. The van der Waals surface area contributed by atoms with Gasteiger partial charge in [0.2, 0.25) is 10.0 Å². The second-order valence-electron chi connectivity index (χ2n) is 3.72. The van der Waals surface area contributed by atoms with Crippen molar-refractivity contribution >= 4 is 27.8 Å². The van der Waals surface area contributed by atoms with E-state index < -0.39 is 15.9 Å². The Kier molecular flexibility index (Phi) is 4.38. The number of carbonyl (C=O) groups excluding carboxylic acids is 2. The number of carbonyl (C=O) groups is 2. The van der Waals surface area contributed by atoms with Gasteiger partial charge >= 0.3 is 0 Å². The van der Waals surface area contributed by atoms with Crippen molar-refractivity contribution in [2.45, 2.75) is 6.92 Å². The molecule has 0 heterocycles. The lowest BCUT2D eigenvalue weighted by atomic mass is 10.0. The third-order valence-corrected chi connectivity index (χ3v) is 2.61. The van der Waals surface area contributed by atoms with Gasteiger partial charge in [-0.25, -0.2) is 13.1 Å². The summed E-state index contributed by atoms with van der Waals surface area (Å²) in [6.45, 7) is 1.42. The molecule has 0 aliphatic heterocycles. The fourth-order valence-electron chi connectivity index (χ4n) is 1.35. The third kappa shape index (κ3) is 4.50. The summed E-state index contributed by atoms with van der Waals surface area (Å²) in [5, 5.41) is 0. The average molecular weight is 267 g/mol. The maximum Gasteiger partial charge on any atom is 0.257 e. The van der Waals surface area contributed by atoms with Crippen molar-refractivity contribution < 1.29 is 18.0 Å². The largest absolute Gasteiger partial charge is 0.294 e. The molecule has 18 heavy (non-hydrogen) atoms. The second-order valence-corrected chi connectivity index (χ2v) is 5.46. The SMILES string of the molecule is CC(=O)c1ccccc1/C=C/C(=O)NS(C)(=O)=O. The van der Waals surface area contributed by atoms with E-state index in [9.17, 15) is 18.0 Å². The maximum atomic E-state index is 11.3. The summed E-state index contributed by atoms with van der Waals surface area (Å²) in [4.78, 5) is 22.6. The van der Waals surface area contributed by atoms with Crippen LogP contribution in [0.5, 0.6) is 0 Å². The molecule has 0 bridgehead atoms. The van der Waals surface area contributed by atoms with Crippen LogP contribution in [0.4, 0.5) is 0 Å². The smallest absolute Gasteiger partial charge is 0.257 e. The molecule has 6 heteroatoms. The number of hydrogen-bond donors (Lipinski definition) is 1. The van der Waals surface area contributed by atoms with E-state index in [-0.39, 0.29) is 5.78 Å². The Morgan fingerprint density at radius 2 is 1.83 bits per heavy atom. The Hall–Kier alpha value is -1.95. The molecule has 1 N–H and O–H groups in total. The molecule has 5 nitrogen and oxygen atoms in total. The van der Waals surface area contributed by atoms with Crippen molar-refractivity contribution in [3.8, 4) is 0 Å². The van der Waals surface area contributed by atoms with E-state index in [0.29, 0.717) is 11.1 Å². The Morgan fingerprint density at radius 1 is 1.22 bits per heavy atom. The lowest BCUT2D eigenvalue weighted by Crippen LogP contribution is -2.27. The topological polar surface area (TPSA) is 80.3 Å². The first-order chi connectivity index (χ1) is 8.29. The normalized spacial score (nSPS) is 11.4. The minimum Gasteiger partial charge on any atom is -0.294 e. The standard InChI is InChI=1S/C12H13NO4S/c1-9(14)11-6-4-3-5-10(11)7-8-12(15)13-18(2,16)17/h3-8H,1-2H3,(H,13,15)/b8-7+. The lowest BCUT2D eigenvalue weighted by molar-refractivity contribution is -0.114. The lowest BCUT2D eigenvalue weighted by Gasteiger charge is -2.01. The maximum absolute atomic E-state index is 11.3. The quantitative estimate of drug-likeness (QED) is 0.651. The Morgan fingerprint density at radius 3 is 2.39 bits per heavy atom. The summed E-state index contributed by atoms with van der Waals surface area (Å²) < 4.78 is 23.4. The van der Waals surface area contributed by atoms with Gasteiger partial charge in [-0.3, -0.25) is 9.59 Å². The van der Waals surface area contributed by atoms with Crippen molar-refractivity contribution in [3.05, 3.63) is 41.5 Å². The predicted molar refractivity (Wildman–Crippen MR) is 68.5 cm³/mol. The van der Waals surface area contributed by atoms with E-state index in [4.69, 9.17) is 0 Å². The average Bonchev–Trinajstić information content (AvgIpc) is 2.24. The summed E-state index contributed by atoms with van der Waals surface area (Å²) >= 11 is 0. The van der Waals surface area contributed by atoms with Crippen LogP contribution in [0.15, 0.2) is 30.3 Å². The molecule has 96 valence electrons. The van der Waals surface area contributed by atoms with E-state index in [1.54, 1.807) is 29.0 Å². The van der Waals surface area contributed by atoms with Crippen LogP contribution in [0.25, 0.3) is 6.08 Å². The van der Waals surface area contributed by atoms with Crippen molar-refractivity contribution in [1.82, 2.24) is 4.72 Å². The zero-order valence-corrected chi connectivity index (χ0v) is 10.8. The van der Waals surface area contributed by atoms with Crippen LogP contribution in [0, 0.1) is 0 Å². The molecule has 0 radical (unpaired) electrons. The highest BCUT2D eigenvalue weighted by Gasteiger charge is 2.06. The third-order valence-electron chi connectivity index (χ3n) is 2.04. The van der Waals surface area contributed by atoms with Crippen LogP contribution >= 0.6 is 0 Å². The molecule has 0 saturated heterocycles. The molecule has 1 amide bonds. The first-order valence-corrected chi connectivity index (χ1v) is 6.98.